The molecule has 0 fully saturated rings. The minimum absolute atomic E-state index is 0.599. The normalized spacial score (nSPS) is 11.5. The van der Waals surface area contributed by atoms with E-state index in [9.17, 15) is 0 Å². The molecule has 0 spiro atoms. The summed E-state index contributed by atoms with van der Waals surface area (Å²) in [5.41, 5.74) is 9.50. The summed E-state index contributed by atoms with van der Waals surface area (Å²) in [5, 5.41) is 18.2. The standard InChI is InChI=1S/C29H37N9/c1-38-36-27(35-37-38)22-15-16-23-24(20-22)32-29-26(23)28(31-18-12-7-5-3-2-4-6-11-17-30)33-25(34-29)19-21-13-9-8-10-14-21/h8-10,13-16,20H,2-7,11-12,17-19,30H2,1H3,(H2,31,32,33,34). The second-order valence-electron chi connectivity index (χ2n) is 9.91. The molecule has 0 atom stereocenters. The van der Waals surface area contributed by atoms with Gasteiger partial charge in [0, 0.05) is 29.4 Å². The molecule has 0 aliphatic rings. The third-order valence-corrected chi connectivity index (χ3v) is 6.89. The number of nitrogens with zero attached hydrogens (tertiary/aromatic N) is 6. The van der Waals surface area contributed by atoms with Crippen LogP contribution in [0.15, 0.2) is 48.5 Å². The lowest BCUT2D eigenvalue weighted by molar-refractivity contribution is 0.574. The first-order chi connectivity index (χ1) is 18.7. The van der Waals surface area contributed by atoms with Crippen LogP contribution < -0.4 is 11.1 Å². The first-order valence-electron chi connectivity index (χ1n) is 13.8. The first-order valence-corrected chi connectivity index (χ1v) is 13.8. The summed E-state index contributed by atoms with van der Waals surface area (Å²) in [4.78, 5) is 14.9. The van der Waals surface area contributed by atoms with E-state index in [0.29, 0.717) is 12.2 Å². The summed E-state index contributed by atoms with van der Waals surface area (Å²) in [5.74, 6) is 2.28. The van der Waals surface area contributed by atoms with Crippen LogP contribution in [-0.4, -0.2) is 48.2 Å². The zero-order chi connectivity index (χ0) is 26.2. The second-order valence-corrected chi connectivity index (χ2v) is 9.91. The van der Waals surface area contributed by atoms with E-state index < -0.39 is 0 Å². The number of rotatable bonds is 14. The summed E-state index contributed by atoms with van der Waals surface area (Å²) >= 11 is 0. The van der Waals surface area contributed by atoms with Crippen LogP contribution in [0.3, 0.4) is 0 Å². The Morgan fingerprint density at radius 2 is 1.66 bits per heavy atom. The monoisotopic (exact) mass is 511 g/mol. The van der Waals surface area contributed by atoms with Crippen molar-refractivity contribution in [2.24, 2.45) is 12.8 Å². The molecule has 3 heterocycles. The van der Waals surface area contributed by atoms with Crippen molar-refractivity contribution < 1.29 is 0 Å². The number of aromatic amines is 1. The summed E-state index contributed by atoms with van der Waals surface area (Å²) in [6, 6.07) is 16.5. The number of unbranched alkanes of at least 4 members (excludes halogenated alkanes) is 7. The van der Waals surface area contributed by atoms with Crippen LogP contribution in [-0.2, 0) is 13.5 Å². The summed E-state index contributed by atoms with van der Waals surface area (Å²) in [6.07, 6.45) is 10.6. The van der Waals surface area contributed by atoms with Gasteiger partial charge in [-0.15, -0.1) is 10.2 Å². The number of benzene rings is 2. The fourth-order valence-electron chi connectivity index (χ4n) is 4.91. The lowest BCUT2D eigenvalue weighted by atomic mass is 10.1. The van der Waals surface area contributed by atoms with Gasteiger partial charge in [0.05, 0.1) is 12.4 Å². The van der Waals surface area contributed by atoms with Crippen LogP contribution in [0, 0.1) is 0 Å². The molecule has 0 radical (unpaired) electrons. The number of H-pyrrole nitrogens is 1. The van der Waals surface area contributed by atoms with E-state index in [1.165, 1.54) is 48.9 Å². The molecule has 198 valence electrons. The average molecular weight is 512 g/mol. The van der Waals surface area contributed by atoms with Gasteiger partial charge in [0.15, 0.2) is 0 Å². The van der Waals surface area contributed by atoms with Crippen molar-refractivity contribution in [3.05, 3.63) is 59.9 Å². The number of aryl methyl sites for hydroxylation is 1. The lowest BCUT2D eigenvalue weighted by Gasteiger charge is -2.10. The molecule has 5 aromatic rings. The number of aromatic nitrogens is 7. The third kappa shape index (κ3) is 6.34. The highest BCUT2D eigenvalue weighted by atomic mass is 15.6. The molecule has 2 aromatic carbocycles. The van der Waals surface area contributed by atoms with Crippen LogP contribution in [0.2, 0.25) is 0 Å². The van der Waals surface area contributed by atoms with Gasteiger partial charge in [-0.05, 0) is 36.2 Å². The Bertz CT molecular complexity index is 1460. The maximum atomic E-state index is 5.58. The molecule has 0 bridgehead atoms. The van der Waals surface area contributed by atoms with E-state index in [-0.39, 0.29) is 0 Å². The van der Waals surface area contributed by atoms with E-state index in [2.05, 4.69) is 62.1 Å². The fraction of sp³-hybridized carbons (Fsp3) is 0.414. The molecule has 0 saturated carbocycles. The van der Waals surface area contributed by atoms with E-state index in [1.807, 2.05) is 12.1 Å². The Labute approximate surface area is 223 Å². The number of nitrogens with two attached hydrogens (primary N) is 1. The predicted molar refractivity (Wildman–Crippen MR) is 153 cm³/mol. The highest BCUT2D eigenvalue weighted by Gasteiger charge is 2.16. The van der Waals surface area contributed by atoms with Crippen LogP contribution in [0.5, 0.6) is 0 Å². The molecule has 38 heavy (non-hydrogen) atoms. The quantitative estimate of drug-likeness (QED) is 0.171. The molecule has 3 aromatic heterocycles. The Morgan fingerprint density at radius 3 is 2.39 bits per heavy atom. The van der Waals surface area contributed by atoms with Gasteiger partial charge in [-0.1, -0.05) is 81.0 Å². The van der Waals surface area contributed by atoms with Crippen molar-refractivity contribution in [2.45, 2.75) is 57.8 Å². The maximum absolute atomic E-state index is 5.58. The van der Waals surface area contributed by atoms with Crippen LogP contribution in [0.4, 0.5) is 5.82 Å². The van der Waals surface area contributed by atoms with Crippen molar-refractivity contribution >= 4 is 27.8 Å². The van der Waals surface area contributed by atoms with Gasteiger partial charge >= 0.3 is 0 Å². The van der Waals surface area contributed by atoms with E-state index in [4.69, 9.17) is 15.7 Å². The van der Waals surface area contributed by atoms with Gasteiger partial charge in [0.1, 0.15) is 17.3 Å². The Hall–Kier alpha value is -3.85. The number of hydrogen-bond donors (Lipinski definition) is 3. The van der Waals surface area contributed by atoms with Gasteiger partial charge in [0.2, 0.25) is 5.82 Å². The average Bonchev–Trinajstić information content (AvgIpc) is 3.53. The van der Waals surface area contributed by atoms with Crippen molar-refractivity contribution in [3.63, 3.8) is 0 Å². The number of hydrogen-bond acceptors (Lipinski definition) is 7. The highest BCUT2D eigenvalue weighted by Crippen LogP contribution is 2.32. The predicted octanol–water partition coefficient (Wildman–Crippen LogP) is 5.38. The second kappa shape index (κ2) is 12.6. The molecule has 0 aliphatic carbocycles. The molecule has 0 saturated heterocycles. The lowest BCUT2D eigenvalue weighted by Crippen LogP contribution is -2.07. The van der Waals surface area contributed by atoms with E-state index >= 15 is 0 Å². The minimum atomic E-state index is 0.599. The molecular weight excluding hydrogens is 474 g/mol. The van der Waals surface area contributed by atoms with Crippen LogP contribution >= 0.6 is 0 Å². The smallest absolute Gasteiger partial charge is 0.204 e. The molecule has 0 unspecified atom stereocenters. The number of fused-ring (bicyclic) bond motifs is 3. The van der Waals surface area contributed by atoms with Crippen molar-refractivity contribution in [1.82, 2.24) is 35.2 Å². The SMILES string of the molecule is Cn1nnc(-c2ccc3c(c2)[nH]c2nc(Cc4ccccc4)nc(NCCCCCCCCCCN)c23)n1. The molecule has 9 heteroatoms. The van der Waals surface area contributed by atoms with Crippen molar-refractivity contribution in [1.29, 1.82) is 0 Å². The Morgan fingerprint density at radius 1 is 0.895 bits per heavy atom. The van der Waals surface area contributed by atoms with Gasteiger partial charge in [0.25, 0.3) is 0 Å². The van der Waals surface area contributed by atoms with Crippen molar-refractivity contribution in [3.8, 4) is 11.4 Å². The molecule has 0 amide bonds. The van der Waals surface area contributed by atoms with Gasteiger partial charge in [-0.25, -0.2) is 9.97 Å². The van der Waals surface area contributed by atoms with E-state index in [1.54, 1.807) is 7.05 Å². The molecule has 0 aliphatic heterocycles. The van der Waals surface area contributed by atoms with Crippen molar-refractivity contribution in [2.75, 3.05) is 18.4 Å². The fourth-order valence-corrected chi connectivity index (χ4v) is 4.91. The molecule has 9 nitrogen and oxygen atoms in total. The van der Waals surface area contributed by atoms with Crippen LogP contribution in [0.1, 0.15) is 62.8 Å². The number of anilines is 1. The summed E-state index contributed by atoms with van der Waals surface area (Å²) < 4.78 is 0. The van der Waals surface area contributed by atoms with Gasteiger partial charge < -0.3 is 16.0 Å². The van der Waals surface area contributed by atoms with Gasteiger partial charge in [-0.2, -0.15) is 4.80 Å². The number of tetrazole rings is 1. The zero-order valence-corrected chi connectivity index (χ0v) is 22.2. The zero-order valence-electron chi connectivity index (χ0n) is 22.2. The van der Waals surface area contributed by atoms with Gasteiger partial charge in [-0.3, -0.25) is 0 Å². The number of nitrogens with one attached hydrogen (secondary N) is 2. The molecule has 4 N–H and O–H groups in total. The summed E-state index contributed by atoms with van der Waals surface area (Å²) in [6.45, 7) is 1.70. The Balaban J connectivity index is 1.34. The largest absolute Gasteiger partial charge is 0.369 e. The first kappa shape index (κ1) is 25.8. The van der Waals surface area contributed by atoms with E-state index in [0.717, 1.165) is 65.1 Å². The molecular formula is C29H37N9. The topological polar surface area (TPSA) is 123 Å². The highest BCUT2D eigenvalue weighted by molar-refractivity contribution is 6.11. The Kier molecular flexibility index (Phi) is 8.55. The molecule has 5 rings (SSSR count). The summed E-state index contributed by atoms with van der Waals surface area (Å²) in [7, 11) is 1.77. The third-order valence-electron chi connectivity index (χ3n) is 6.89. The van der Waals surface area contributed by atoms with Crippen LogP contribution in [0.25, 0.3) is 33.3 Å². The maximum Gasteiger partial charge on any atom is 0.204 e. The minimum Gasteiger partial charge on any atom is -0.369 e.